The number of aromatic nitrogens is 4. The molecule has 0 aromatic carbocycles. The lowest BCUT2D eigenvalue weighted by molar-refractivity contribution is 0.652. The third-order valence-electron chi connectivity index (χ3n) is 3.03. The summed E-state index contributed by atoms with van der Waals surface area (Å²) in [5.74, 6) is 0. The van der Waals surface area contributed by atoms with Gasteiger partial charge < -0.3 is 5.32 Å². The van der Waals surface area contributed by atoms with Gasteiger partial charge in [-0.1, -0.05) is 0 Å². The van der Waals surface area contributed by atoms with Crippen LogP contribution < -0.4 is 5.32 Å². The van der Waals surface area contributed by atoms with Gasteiger partial charge in [0.15, 0.2) is 4.96 Å². The van der Waals surface area contributed by atoms with Gasteiger partial charge in [0, 0.05) is 35.6 Å². The van der Waals surface area contributed by atoms with E-state index in [2.05, 4.69) is 28.5 Å². The van der Waals surface area contributed by atoms with Gasteiger partial charge in [0.1, 0.15) is 0 Å². The van der Waals surface area contributed by atoms with E-state index < -0.39 is 0 Å². The van der Waals surface area contributed by atoms with Crippen molar-refractivity contribution in [1.82, 2.24) is 24.5 Å². The molecule has 0 radical (unpaired) electrons. The second-order valence-corrected chi connectivity index (χ2v) is 5.14. The fraction of sp³-hybridized carbons (Fsp3) is 0.333. The number of nitrogens with one attached hydrogen (secondary N) is 1. The van der Waals surface area contributed by atoms with E-state index >= 15 is 0 Å². The van der Waals surface area contributed by atoms with Crippen LogP contribution in [0.2, 0.25) is 0 Å². The molecule has 1 N–H and O–H groups in total. The van der Waals surface area contributed by atoms with Crippen LogP contribution in [-0.2, 0) is 13.1 Å². The first kappa shape index (κ1) is 11.4. The van der Waals surface area contributed by atoms with Crippen LogP contribution in [0, 0.1) is 6.92 Å². The maximum atomic E-state index is 4.57. The number of hydrogen-bond acceptors (Lipinski definition) is 4. The Kier molecular flexibility index (Phi) is 2.89. The van der Waals surface area contributed by atoms with E-state index in [1.165, 1.54) is 11.3 Å². The maximum Gasteiger partial charge on any atom is 0.193 e. The van der Waals surface area contributed by atoms with Gasteiger partial charge in [0.25, 0.3) is 0 Å². The Labute approximate surface area is 109 Å². The average molecular weight is 261 g/mol. The summed E-state index contributed by atoms with van der Waals surface area (Å²) in [6.07, 6.45) is 6.01. The van der Waals surface area contributed by atoms with Crippen molar-refractivity contribution in [3.8, 4) is 0 Å². The predicted octanol–water partition coefficient (Wildman–Crippen LogP) is 1.67. The number of fused-ring (bicyclic) bond motifs is 1. The van der Waals surface area contributed by atoms with Crippen LogP contribution in [-0.4, -0.2) is 26.2 Å². The first-order chi connectivity index (χ1) is 8.78. The molecule has 94 valence electrons. The van der Waals surface area contributed by atoms with Crippen molar-refractivity contribution in [3.63, 3.8) is 0 Å². The van der Waals surface area contributed by atoms with E-state index in [4.69, 9.17) is 0 Å². The average Bonchev–Trinajstić information content (AvgIpc) is 2.99. The highest BCUT2D eigenvalue weighted by atomic mass is 32.1. The fourth-order valence-corrected chi connectivity index (χ4v) is 2.73. The van der Waals surface area contributed by atoms with Crippen molar-refractivity contribution in [2.24, 2.45) is 0 Å². The highest BCUT2D eigenvalue weighted by Crippen LogP contribution is 2.14. The normalized spacial score (nSPS) is 11.4. The van der Waals surface area contributed by atoms with Crippen LogP contribution in [0.5, 0.6) is 0 Å². The van der Waals surface area contributed by atoms with Crippen LogP contribution >= 0.6 is 11.3 Å². The lowest BCUT2D eigenvalue weighted by atomic mass is 10.2. The summed E-state index contributed by atoms with van der Waals surface area (Å²) in [5, 5.41) is 9.60. The summed E-state index contributed by atoms with van der Waals surface area (Å²) in [6.45, 7) is 3.67. The van der Waals surface area contributed by atoms with Crippen molar-refractivity contribution in [2.75, 3.05) is 7.05 Å². The third kappa shape index (κ3) is 1.93. The van der Waals surface area contributed by atoms with Crippen LogP contribution in [0.4, 0.5) is 0 Å². The zero-order chi connectivity index (χ0) is 12.5. The molecule has 0 spiro atoms. The van der Waals surface area contributed by atoms with E-state index in [0.29, 0.717) is 0 Å². The Hall–Kier alpha value is -1.66. The Morgan fingerprint density at radius 2 is 2.33 bits per heavy atom. The Balaban J connectivity index is 1.85. The molecule has 0 bridgehead atoms. The molecular formula is C12H15N5S. The largest absolute Gasteiger partial charge is 0.316 e. The maximum absolute atomic E-state index is 4.57. The van der Waals surface area contributed by atoms with Gasteiger partial charge in [0.05, 0.1) is 18.4 Å². The SMILES string of the molecule is CNCc1cnn(Cc2cn3ccsc3n2)c1C. The minimum atomic E-state index is 0.726. The standard InChI is InChI=1S/C12H15N5S/c1-9-10(5-13-2)6-14-17(9)8-11-7-16-3-4-18-12(16)15-11/h3-4,6-7,13H,5,8H2,1-2H3. The minimum Gasteiger partial charge on any atom is -0.316 e. The van der Waals surface area contributed by atoms with E-state index in [-0.39, 0.29) is 0 Å². The summed E-state index contributed by atoms with van der Waals surface area (Å²) < 4.78 is 4.05. The molecule has 5 nitrogen and oxygen atoms in total. The monoisotopic (exact) mass is 261 g/mol. The van der Waals surface area contributed by atoms with Crippen LogP contribution in [0.15, 0.2) is 24.0 Å². The lowest BCUT2D eigenvalue weighted by Crippen LogP contribution is -2.08. The molecular weight excluding hydrogens is 246 g/mol. The van der Waals surface area contributed by atoms with E-state index in [0.717, 1.165) is 23.7 Å². The first-order valence-corrected chi connectivity index (χ1v) is 6.73. The molecule has 0 fully saturated rings. The number of hydrogen-bond donors (Lipinski definition) is 1. The Morgan fingerprint density at radius 1 is 1.44 bits per heavy atom. The zero-order valence-corrected chi connectivity index (χ0v) is 11.2. The van der Waals surface area contributed by atoms with Crippen molar-refractivity contribution in [3.05, 3.63) is 40.9 Å². The van der Waals surface area contributed by atoms with E-state index in [9.17, 15) is 0 Å². The summed E-state index contributed by atoms with van der Waals surface area (Å²) in [5.41, 5.74) is 3.48. The molecule has 0 aliphatic heterocycles. The number of nitrogens with zero attached hydrogens (tertiary/aromatic N) is 4. The molecule has 0 saturated heterocycles. The minimum absolute atomic E-state index is 0.726. The topological polar surface area (TPSA) is 47.2 Å². The van der Waals surface area contributed by atoms with Gasteiger partial charge in [-0.25, -0.2) is 4.98 Å². The molecule has 3 rings (SSSR count). The van der Waals surface area contributed by atoms with Gasteiger partial charge in [-0.05, 0) is 14.0 Å². The fourth-order valence-electron chi connectivity index (χ4n) is 2.01. The Bertz CT molecular complexity index is 634. The second-order valence-electron chi connectivity index (χ2n) is 4.27. The molecule has 3 aromatic rings. The lowest BCUT2D eigenvalue weighted by Gasteiger charge is -2.03. The molecule has 0 amide bonds. The van der Waals surface area contributed by atoms with Crippen LogP contribution in [0.25, 0.3) is 4.96 Å². The van der Waals surface area contributed by atoms with Crippen molar-refractivity contribution in [2.45, 2.75) is 20.0 Å². The summed E-state index contributed by atoms with van der Waals surface area (Å²) >= 11 is 1.65. The summed E-state index contributed by atoms with van der Waals surface area (Å²) in [6, 6.07) is 0. The summed E-state index contributed by atoms with van der Waals surface area (Å²) in [7, 11) is 1.94. The van der Waals surface area contributed by atoms with Gasteiger partial charge in [-0.2, -0.15) is 5.10 Å². The zero-order valence-electron chi connectivity index (χ0n) is 10.4. The number of thiazole rings is 1. The smallest absolute Gasteiger partial charge is 0.193 e. The van der Waals surface area contributed by atoms with Gasteiger partial charge >= 0.3 is 0 Å². The summed E-state index contributed by atoms with van der Waals surface area (Å²) in [4.78, 5) is 5.60. The molecule has 6 heteroatoms. The molecule has 0 saturated carbocycles. The molecule has 0 aliphatic rings. The van der Waals surface area contributed by atoms with Gasteiger partial charge in [-0.15, -0.1) is 11.3 Å². The van der Waals surface area contributed by atoms with Crippen molar-refractivity contribution < 1.29 is 0 Å². The number of imidazole rings is 1. The third-order valence-corrected chi connectivity index (χ3v) is 3.80. The molecule has 3 aromatic heterocycles. The van der Waals surface area contributed by atoms with Gasteiger partial charge in [-0.3, -0.25) is 9.08 Å². The van der Waals surface area contributed by atoms with Crippen LogP contribution in [0.3, 0.4) is 0 Å². The molecule has 0 aliphatic carbocycles. The highest BCUT2D eigenvalue weighted by Gasteiger charge is 2.08. The van der Waals surface area contributed by atoms with Gasteiger partial charge in [0.2, 0.25) is 0 Å². The molecule has 18 heavy (non-hydrogen) atoms. The molecule has 0 unspecified atom stereocenters. The first-order valence-electron chi connectivity index (χ1n) is 5.85. The van der Waals surface area contributed by atoms with Crippen molar-refractivity contribution >= 4 is 16.3 Å². The van der Waals surface area contributed by atoms with E-state index in [1.54, 1.807) is 11.3 Å². The molecule has 0 atom stereocenters. The highest BCUT2D eigenvalue weighted by molar-refractivity contribution is 7.15. The number of rotatable bonds is 4. The van der Waals surface area contributed by atoms with Crippen molar-refractivity contribution in [1.29, 1.82) is 0 Å². The van der Waals surface area contributed by atoms with E-state index in [1.807, 2.05) is 33.9 Å². The molecule has 3 heterocycles. The quantitative estimate of drug-likeness (QED) is 0.777. The predicted molar refractivity (Wildman–Crippen MR) is 71.9 cm³/mol. The second kappa shape index (κ2) is 4.55. The Morgan fingerprint density at radius 3 is 3.11 bits per heavy atom. The van der Waals surface area contributed by atoms with Crippen LogP contribution in [0.1, 0.15) is 17.0 Å².